The van der Waals surface area contributed by atoms with Crippen LogP contribution in [-0.2, 0) is 4.79 Å². The second-order valence-corrected chi connectivity index (χ2v) is 6.64. The topological polar surface area (TPSA) is 93.2 Å². The standard InChI is InChI=1S/C20H18N4O3S/c1-27-16-9-5-8-15(12-16)21-18(25)13-28-19-11-10-17(23-24-19)22-20(26)14-6-3-2-4-7-14/h2-12H,13H2,1H3,(H,21,25)(H,22,23,26). The zero-order valence-corrected chi connectivity index (χ0v) is 15.9. The van der Waals surface area contributed by atoms with Gasteiger partial charge in [-0.1, -0.05) is 36.0 Å². The number of anilines is 2. The summed E-state index contributed by atoms with van der Waals surface area (Å²) in [5, 5.41) is 14.1. The van der Waals surface area contributed by atoms with E-state index in [0.717, 1.165) is 0 Å². The number of amides is 2. The third-order valence-corrected chi connectivity index (χ3v) is 4.54. The Hall–Kier alpha value is -3.39. The van der Waals surface area contributed by atoms with Gasteiger partial charge >= 0.3 is 0 Å². The molecule has 0 radical (unpaired) electrons. The first kappa shape index (κ1) is 19.4. The van der Waals surface area contributed by atoms with E-state index in [1.807, 2.05) is 6.07 Å². The highest BCUT2D eigenvalue weighted by atomic mass is 32.2. The van der Waals surface area contributed by atoms with Gasteiger partial charge < -0.3 is 15.4 Å². The molecule has 0 aliphatic carbocycles. The van der Waals surface area contributed by atoms with Gasteiger partial charge in [-0.3, -0.25) is 9.59 Å². The maximum absolute atomic E-state index is 12.1. The van der Waals surface area contributed by atoms with Crippen LogP contribution < -0.4 is 15.4 Å². The summed E-state index contributed by atoms with van der Waals surface area (Å²) in [5.41, 5.74) is 1.20. The number of nitrogens with zero attached hydrogens (tertiary/aromatic N) is 2. The van der Waals surface area contributed by atoms with Gasteiger partial charge in [-0.2, -0.15) is 0 Å². The Morgan fingerprint density at radius 2 is 1.79 bits per heavy atom. The van der Waals surface area contributed by atoms with Crippen LogP contribution in [0.5, 0.6) is 5.75 Å². The van der Waals surface area contributed by atoms with Gasteiger partial charge in [0.2, 0.25) is 5.91 Å². The molecule has 0 fully saturated rings. The molecule has 8 heteroatoms. The Bertz CT molecular complexity index is 949. The van der Waals surface area contributed by atoms with Crippen LogP contribution in [0, 0.1) is 0 Å². The van der Waals surface area contributed by atoms with E-state index in [9.17, 15) is 9.59 Å². The zero-order chi connectivity index (χ0) is 19.8. The number of carbonyl (C=O) groups is 2. The van der Waals surface area contributed by atoms with E-state index in [2.05, 4.69) is 20.8 Å². The highest BCUT2D eigenvalue weighted by Crippen LogP contribution is 2.19. The number of hydrogen-bond donors (Lipinski definition) is 2. The van der Waals surface area contributed by atoms with E-state index < -0.39 is 0 Å². The summed E-state index contributed by atoms with van der Waals surface area (Å²) in [6.07, 6.45) is 0. The molecule has 3 aromatic rings. The van der Waals surface area contributed by atoms with E-state index in [1.165, 1.54) is 11.8 Å². The van der Waals surface area contributed by atoms with E-state index >= 15 is 0 Å². The lowest BCUT2D eigenvalue weighted by Gasteiger charge is -2.07. The van der Waals surface area contributed by atoms with E-state index in [-0.39, 0.29) is 17.6 Å². The van der Waals surface area contributed by atoms with E-state index in [1.54, 1.807) is 67.8 Å². The molecule has 0 spiro atoms. The summed E-state index contributed by atoms with van der Waals surface area (Å²) >= 11 is 1.25. The quantitative estimate of drug-likeness (QED) is 0.596. The predicted molar refractivity (Wildman–Crippen MR) is 109 cm³/mol. The molecule has 0 saturated carbocycles. The molecule has 0 bridgehead atoms. The zero-order valence-electron chi connectivity index (χ0n) is 15.1. The minimum absolute atomic E-state index is 0.165. The monoisotopic (exact) mass is 394 g/mol. The molecule has 2 N–H and O–H groups in total. The second-order valence-electron chi connectivity index (χ2n) is 5.65. The number of thioether (sulfide) groups is 1. The Kier molecular flexibility index (Phi) is 6.59. The molecule has 0 atom stereocenters. The van der Waals surface area contributed by atoms with Crippen LogP contribution in [0.15, 0.2) is 71.8 Å². The van der Waals surface area contributed by atoms with Gasteiger partial charge in [0.15, 0.2) is 5.82 Å². The summed E-state index contributed by atoms with van der Waals surface area (Å²) in [4.78, 5) is 24.2. The van der Waals surface area contributed by atoms with Crippen LogP contribution in [0.2, 0.25) is 0 Å². The number of aromatic nitrogens is 2. The van der Waals surface area contributed by atoms with Gasteiger partial charge in [0, 0.05) is 17.3 Å². The van der Waals surface area contributed by atoms with Crippen molar-refractivity contribution in [3.05, 3.63) is 72.3 Å². The van der Waals surface area contributed by atoms with Gasteiger partial charge in [0.1, 0.15) is 10.8 Å². The average molecular weight is 394 g/mol. The largest absolute Gasteiger partial charge is 0.497 e. The highest BCUT2D eigenvalue weighted by molar-refractivity contribution is 7.99. The third-order valence-electron chi connectivity index (χ3n) is 3.62. The summed E-state index contributed by atoms with van der Waals surface area (Å²) < 4.78 is 5.13. The van der Waals surface area contributed by atoms with Crippen molar-refractivity contribution in [2.45, 2.75) is 5.03 Å². The molecule has 2 aromatic carbocycles. The molecule has 2 amide bonds. The molecule has 0 unspecified atom stereocenters. The lowest BCUT2D eigenvalue weighted by Crippen LogP contribution is -2.14. The van der Waals surface area contributed by atoms with Gasteiger partial charge in [-0.15, -0.1) is 10.2 Å². The first-order valence-electron chi connectivity index (χ1n) is 8.41. The van der Waals surface area contributed by atoms with Crippen LogP contribution >= 0.6 is 11.8 Å². The predicted octanol–water partition coefficient (Wildman–Crippen LogP) is 3.47. The average Bonchev–Trinajstić information content (AvgIpc) is 2.74. The van der Waals surface area contributed by atoms with Gasteiger partial charge in [-0.05, 0) is 36.4 Å². The summed E-state index contributed by atoms with van der Waals surface area (Å²) in [6, 6.07) is 19.3. The summed E-state index contributed by atoms with van der Waals surface area (Å²) in [6.45, 7) is 0. The Balaban J connectivity index is 1.50. The molecule has 28 heavy (non-hydrogen) atoms. The van der Waals surface area contributed by atoms with Crippen molar-refractivity contribution in [1.82, 2.24) is 10.2 Å². The number of methoxy groups -OCH3 is 1. The maximum atomic E-state index is 12.1. The molecule has 7 nitrogen and oxygen atoms in total. The maximum Gasteiger partial charge on any atom is 0.256 e. The summed E-state index contributed by atoms with van der Waals surface area (Å²) in [5.74, 6) is 0.777. The van der Waals surface area contributed by atoms with Crippen LogP contribution in [0.4, 0.5) is 11.5 Å². The van der Waals surface area contributed by atoms with Crippen molar-refractivity contribution < 1.29 is 14.3 Å². The van der Waals surface area contributed by atoms with Crippen molar-refractivity contribution in [3.63, 3.8) is 0 Å². The fourth-order valence-electron chi connectivity index (χ4n) is 2.28. The molecule has 1 heterocycles. The fourth-order valence-corrected chi connectivity index (χ4v) is 2.89. The Morgan fingerprint density at radius 3 is 2.50 bits per heavy atom. The number of hydrogen-bond acceptors (Lipinski definition) is 6. The Morgan fingerprint density at radius 1 is 0.964 bits per heavy atom. The first-order valence-corrected chi connectivity index (χ1v) is 9.39. The molecular weight excluding hydrogens is 376 g/mol. The smallest absolute Gasteiger partial charge is 0.256 e. The molecule has 0 aliphatic heterocycles. The number of nitrogens with one attached hydrogen (secondary N) is 2. The molecule has 0 aliphatic rings. The minimum Gasteiger partial charge on any atom is -0.497 e. The third kappa shape index (κ3) is 5.55. The molecule has 0 saturated heterocycles. The number of carbonyl (C=O) groups excluding carboxylic acids is 2. The van der Waals surface area contributed by atoms with Crippen molar-refractivity contribution in [1.29, 1.82) is 0 Å². The van der Waals surface area contributed by atoms with Gasteiger partial charge in [0.05, 0.1) is 12.9 Å². The van der Waals surface area contributed by atoms with Crippen LogP contribution in [-0.4, -0.2) is 34.9 Å². The summed E-state index contributed by atoms with van der Waals surface area (Å²) in [7, 11) is 1.57. The fraction of sp³-hybridized carbons (Fsp3) is 0.100. The second kappa shape index (κ2) is 9.52. The molecular formula is C20H18N4O3S. The van der Waals surface area contributed by atoms with Crippen molar-refractivity contribution in [3.8, 4) is 5.75 Å². The number of rotatable bonds is 7. The van der Waals surface area contributed by atoms with Gasteiger partial charge in [-0.25, -0.2) is 0 Å². The Labute approximate surface area is 166 Å². The first-order chi connectivity index (χ1) is 13.6. The van der Waals surface area contributed by atoms with E-state index in [4.69, 9.17) is 4.74 Å². The van der Waals surface area contributed by atoms with Crippen LogP contribution in [0.1, 0.15) is 10.4 Å². The lowest BCUT2D eigenvalue weighted by atomic mass is 10.2. The highest BCUT2D eigenvalue weighted by Gasteiger charge is 2.08. The minimum atomic E-state index is -0.257. The molecule has 3 rings (SSSR count). The van der Waals surface area contributed by atoms with E-state index in [0.29, 0.717) is 27.8 Å². The van der Waals surface area contributed by atoms with Crippen molar-refractivity contribution in [2.75, 3.05) is 23.5 Å². The van der Waals surface area contributed by atoms with Crippen LogP contribution in [0.25, 0.3) is 0 Å². The molecule has 1 aromatic heterocycles. The van der Waals surface area contributed by atoms with Crippen molar-refractivity contribution in [2.24, 2.45) is 0 Å². The van der Waals surface area contributed by atoms with Gasteiger partial charge in [0.25, 0.3) is 5.91 Å². The number of ether oxygens (including phenoxy) is 1. The SMILES string of the molecule is COc1cccc(NC(=O)CSc2ccc(NC(=O)c3ccccc3)nn2)c1. The number of benzene rings is 2. The molecule has 142 valence electrons. The normalized spacial score (nSPS) is 10.2. The van der Waals surface area contributed by atoms with Crippen LogP contribution in [0.3, 0.4) is 0 Å². The van der Waals surface area contributed by atoms with Crippen molar-refractivity contribution >= 4 is 35.1 Å². The lowest BCUT2D eigenvalue weighted by molar-refractivity contribution is -0.113.